The number of rotatable bonds is 3. The molecular weight excluding hydrogens is 278 g/mol. The molecule has 0 saturated carbocycles. The molecule has 1 aromatic heterocycles. The summed E-state index contributed by atoms with van der Waals surface area (Å²) in [7, 11) is 0. The molecule has 1 atom stereocenters. The molecule has 0 spiro atoms. The van der Waals surface area contributed by atoms with Crippen molar-refractivity contribution in [1.82, 2.24) is 4.98 Å². The van der Waals surface area contributed by atoms with Gasteiger partial charge in [-0.15, -0.1) is 0 Å². The molecule has 0 aliphatic carbocycles. The number of pyridine rings is 1. The van der Waals surface area contributed by atoms with Gasteiger partial charge in [0.05, 0.1) is 5.92 Å². The van der Waals surface area contributed by atoms with Gasteiger partial charge in [0.25, 0.3) is 0 Å². The van der Waals surface area contributed by atoms with Crippen molar-refractivity contribution in [3.63, 3.8) is 0 Å². The Morgan fingerprint density at radius 1 is 1.29 bits per heavy atom. The molecule has 1 aromatic carbocycles. The van der Waals surface area contributed by atoms with Gasteiger partial charge in [-0.05, 0) is 29.7 Å². The van der Waals surface area contributed by atoms with Crippen LogP contribution in [0.5, 0.6) is 0 Å². The van der Waals surface area contributed by atoms with Gasteiger partial charge in [-0.2, -0.15) is 0 Å². The Labute approximate surface area is 109 Å². The Kier molecular flexibility index (Phi) is 3.69. The lowest BCUT2D eigenvalue weighted by molar-refractivity contribution is -0.108. The maximum absolute atomic E-state index is 11.3. The largest absolute Gasteiger partial charge is 0.302 e. The van der Waals surface area contributed by atoms with Crippen LogP contribution >= 0.6 is 15.9 Å². The second-order valence-electron chi connectivity index (χ2n) is 3.93. The van der Waals surface area contributed by atoms with Crippen LogP contribution < -0.4 is 0 Å². The number of hydrogen-bond donors (Lipinski definition) is 0. The van der Waals surface area contributed by atoms with Gasteiger partial charge < -0.3 is 4.79 Å². The molecular formula is C14H12BrNO. The molecule has 0 radical (unpaired) electrons. The molecule has 2 aromatic rings. The van der Waals surface area contributed by atoms with Gasteiger partial charge in [-0.1, -0.05) is 40.2 Å². The van der Waals surface area contributed by atoms with Crippen molar-refractivity contribution in [2.24, 2.45) is 0 Å². The van der Waals surface area contributed by atoms with Crippen LogP contribution in [0.2, 0.25) is 0 Å². The van der Waals surface area contributed by atoms with E-state index < -0.39 is 0 Å². The highest BCUT2D eigenvalue weighted by molar-refractivity contribution is 9.10. The zero-order chi connectivity index (χ0) is 12.3. The fraction of sp³-hybridized carbons (Fsp3) is 0.143. The molecule has 86 valence electrons. The van der Waals surface area contributed by atoms with Gasteiger partial charge in [0.15, 0.2) is 0 Å². The summed E-state index contributed by atoms with van der Waals surface area (Å²) in [6.45, 7) is 1.97. The van der Waals surface area contributed by atoms with Crippen molar-refractivity contribution in [1.29, 1.82) is 0 Å². The van der Waals surface area contributed by atoms with Crippen molar-refractivity contribution < 1.29 is 4.79 Å². The highest BCUT2D eigenvalue weighted by Gasteiger charge is 2.15. The molecule has 0 aliphatic heterocycles. The molecule has 1 heterocycles. The summed E-state index contributed by atoms with van der Waals surface area (Å²) in [5.74, 6) is -0.266. The predicted octanol–water partition coefficient (Wildman–Crippen LogP) is 3.48. The topological polar surface area (TPSA) is 30.0 Å². The number of benzene rings is 1. The molecule has 2 rings (SSSR count). The van der Waals surface area contributed by atoms with E-state index in [1.54, 1.807) is 12.4 Å². The average molecular weight is 290 g/mol. The molecule has 0 fully saturated rings. The van der Waals surface area contributed by atoms with Crippen LogP contribution in [0.4, 0.5) is 0 Å². The quantitative estimate of drug-likeness (QED) is 0.810. The Morgan fingerprint density at radius 2 is 2.06 bits per heavy atom. The van der Waals surface area contributed by atoms with Gasteiger partial charge in [0, 0.05) is 16.9 Å². The van der Waals surface area contributed by atoms with E-state index in [2.05, 4.69) is 20.9 Å². The highest BCUT2D eigenvalue weighted by Crippen LogP contribution is 2.28. The summed E-state index contributed by atoms with van der Waals surface area (Å²) < 4.78 is 0.943. The Hall–Kier alpha value is -1.48. The van der Waals surface area contributed by atoms with Crippen molar-refractivity contribution in [3.05, 3.63) is 63.9 Å². The molecule has 17 heavy (non-hydrogen) atoms. The number of aromatic nitrogens is 1. The van der Waals surface area contributed by atoms with Crippen molar-refractivity contribution >= 4 is 22.2 Å². The molecule has 0 aliphatic rings. The monoisotopic (exact) mass is 289 g/mol. The van der Waals surface area contributed by atoms with E-state index in [0.29, 0.717) is 0 Å². The number of aldehydes is 1. The average Bonchev–Trinajstić information content (AvgIpc) is 2.33. The first-order valence-corrected chi connectivity index (χ1v) is 6.13. The van der Waals surface area contributed by atoms with Crippen LogP contribution in [-0.2, 0) is 4.79 Å². The normalized spacial score (nSPS) is 12.1. The molecule has 3 heteroatoms. The minimum Gasteiger partial charge on any atom is -0.302 e. The van der Waals surface area contributed by atoms with Crippen LogP contribution in [0.15, 0.2) is 47.2 Å². The van der Waals surface area contributed by atoms with Crippen LogP contribution in [0, 0.1) is 6.92 Å². The van der Waals surface area contributed by atoms with Gasteiger partial charge in [0.2, 0.25) is 0 Å². The van der Waals surface area contributed by atoms with Crippen LogP contribution in [-0.4, -0.2) is 11.3 Å². The maximum atomic E-state index is 11.3. The predicted molar refractivity (Wildman–Crippen MR) is 71.0 cm³/mol. The number of nitrogens with zero attached hydrogens (tertiary/aromatic N) is 1. The van der Waals surface area contributed by atoms with E-state index in [9.17, 15) is 4.79 Å². The van der Waals surface area contributed by atoms with E-state index in [0.717, 1.165) is 27.4 Å². The summed E-state index contributed by atoms with van der Waals surface area (Å²) in [6, 6.07) is 9.75. The SMILES string of the molecule is Cc1cncc(C(C=O)c2ccccc2Br)c1. The lowest BCUT2D eigenvalue weighted by Gasteiger charge is -2.13. The number of hydrogen-bond acceptors (Lipinski definition) is 2. The van der Waals surface area contributed by atoms with Crippen LogP contribution in [0.3, 0.4) is 0 Å². The second-order valence-corrected chi connectivity index (χ2v) is 4.79. The van der Waals surface area contributed by atoms with E-state index in [1.165, 1.54) is 0 Å². The lowest BCUT2D eigenvalue weighted by Crippen LogP contribution is -2.04. The van der Waals surface area contributed by atoms with Crippen molar-refractivity contribution in [2.45, 2.75) is 12.8 Å². The van der Waals surface area contributed by atoms with Crippen molar-refractivity contribution in [2.75, 3.05) is 0 Å². The van der Waals surface area contributed by atoms with E-state index >= 15 is 0 Å². The summed E-state index contributed by atoms with van der Waals surface area (Å²) in [5, 5.41) is 0. The zero-order valence-corrected chi connectivity index (χ0v) is 11.0. The van der Waals surface area contributed by atoms with Crippen LogP contribution in [0.25, 0.3) is 0 Å². The molecule has 0 bridgehead atoms. The summed E-state index contributed by atoms with van der Waals surface area (Å²) in [5.41, 5.74) is 2.95. The minimum atomic E-state index is -0.266. The fourth-order valence-electron chi connectivity index (χ4n) is 1.81. The number of halogens is 1. The van der Waals surface area contributed by atoms with Gasteiger partial charge in [0.1, 0.15) is 6.29 Å². The third kappa shape index (κ3) is 2.61. The molecule has 0 amide bonds. The highest BCUT2D eigenvalue weighted by atomic mass is 79.9. The van der Waals surface area contributed by atoms with Gasteiger partial charge >= 0.3 is 0 Å². The fourth-order valence-corrected chi connectivity index (χ4v) is 2.34. The number of aryl methyl sites for hydroxylation is 1. The first-order chi connectivity index (χ1) is 8.22. The lowest BCUT2D eigenvalue weighted by atomic mass is 9.93. The minimum absolute atomic E-state index is 0.266. The Bertz CT molecular complexity index is 539. The molecule has 0 saturated heterocycles. The number of carbonyl (C=O) groups excluding carboxylic acids is 1. The number of carbonyl (C=O) groups is 1. The molecule has 1 unspecified atom stereocenters. The standard InChI is InChI=1S/C14H12BrNO/c1-10-6-11(8-16-7-10)13(9-17)12-4-2-3-5-14(12)15/h2-9,13H,1H3. The summed E-state index contributed by atoms with van der Waals surface area (Å²) >= 11 is 3.47. The van der Waals surface area contributed by atoms with Gasteiger partial charge in [-0.3, -0.25) is 4.98 Å². The molecule has 0 N–H and O–H groups in total. The zero-order valence-electron chi connectivity index (χ0n) is 9.43. The summed E-state index contributed by atoms with van der Waals surface area (Å²) in [4.78, 5) is 15.5. The Morgan fingerprint density at radius 3 is 2.71 bits per heavy atom. The first-order valence-electron chi connectivity index (χ1n) is 5.33. The maximum Gasteiger partial charge on any atom is 0.131 e. The van der Waals surface area contributed by atoms with Gasteiger partial charge in [-0.25, -0.2) is 0 Å². The van der Waals surface area contributed by atoms with E-state index in [4.69, 9.17) is 0 Å². The Balaban J connectivity index is 2.48. The first kappa shape index (κ1) is 12.0. The van der Waals surface area contributed by atoms with E-state index in [-0.39, 0.29) is 5.92 Å². The van der Waals surface area contributed by atoms with E-state index in [1.807, 2.05) is 37.3 Å². The summed E-state index contributed by atoms with van der Waals surface area (Å²) in [6.07, 6.45) is 4.48. The second kappa shape index (κ2) is 5.23. The smallest absolute Gasteiger partial charge is 0.131 e. The molecule has 2 nitrogen and oxygen atoms in total. The van der Waals surface area contributed by atoms with Crippen LogP contribution in [0.1, 0.15) is 22.6 Å². The van der Waals surface area contributed by atoms with Crippen molar-refractivity contribution in [3.8, 4) is 0 Å². The third-order valence-electron chi connectivity index (χ3n) is 2.63. The third-order valence-corrected chi connectivity index (χ3v) is 3.35.